The van der Waals surface area contributed by atoms with E-state index in [-0.39, 0.29) is 5.56 Å². The summed E-state index contributed by atoms with van der Waals surface area (Å²) in [7, 11) is 0. The maximum absolute atomic E-state index is 13.4. The van der Waals surface area contributed by atoms with Crippen molar-refractivity contribution in [3.05, 3.63) is 82.8 Å². The van der Waals surface area contributed by atoms with Crippen LogP contribution in [0.1, 0.15) is 0 Å². The Hall–Kier alpha value is -3.69. The van der Waals surface area contributed by atoms with Gasteiger partial charge in [0.1, 0.15) is 12.7 Å². The summed E-state index contributed by atoms with van der Waals surface area (Å²) < 4.78 is 2.75. The van der Waals surface area contributed by atoms with Crippen LogP contribution >= 0.6 is 11.6 Å². The van der Waals surface area contributed by atoms with Gasteiger partial charge < -0.3 is 15.5 Å². The third-order valence-corrected chi connectivity index (χ3v) is 5.55. The van der Waals surface area contributed by atoms with Gasteiger partial charge in [0.2, 0.25) is 0 Å². The third-order valence-electron chi connectivity index (χ3n) is 5.30. The molecule has 1 aliphatic rings. The first kappa shape index (κ1) is 20.2. The van der Waals surface area contributed by atoms with Crippen molar-refractivity contribution in [2.75, 3.05) is 36.4 Å². The average molecular weight is 449 g/mol. The Bertz CT molecular complexity index is 1250. The molecule has 32 heavy (non-hydrogen) atoms. The summed E-state index contributed by atoms with van der Waals surface area (Å²) in [6.45, 7) is 3.93. The molecule has 1 fully saturated rings. The fourth-order valence-corrected chi connectivity index (χ4v) is 3.81. The van der Waals surface area contributed by atoms with Gasteiger partial charge in [-0.1, -0.05) is 11.6 Å². The van der Waals surface area contributed by atoms with Gasteiger partial charge in [-0.15, -0.1) is 0 Å². The summed E-state index contributed by atoms with van der Waals surface area (Å²) in [5, 5.41) is 15.8. The molecule has 4 aromatic rings. The summed E-state index contributed by atoms with van der Waals surface area (Å²) >= 11 is 5.98. The number of hydrogen-bond donors (Lipinski definition) is 2. The minimum atomic E-state index is -0.333. The highest BCUT2D eigenvalue weighted by atomic mass is 35.5. The van der Waals surface area contributed by atoms with Gasteiger partial charge in [-0.05, 0) is 48.5 Å². The highest BCUT2D eigenvalue weighted by Crippen LogP contribution is 2.24. The highest BCUT2D eigenvalue weighted by molar-refractivity contribution is 6.30. The first-order valence-electron chi connectivity index (χ1n) is 10.2. The fourth-order valence-electron chi connectivity index (χ4n) is 3.68. The average Bonchev–Trinajstić information content (AvgIpc) is 3.36. The van der Waals surface area contributed by atoms with Crippen LogP contribution < -0.4 is 21.1 Å². The third kappa shape index (κ3) is 4.08. The smallest absolute Gasteiger partial charge is 0.299 e. The first-order valence-corrected chi connectivity index (χ1v) is 10.6. The van der Waals surface area contributed by atoms with Crippen molar-refractivity contribution in [3.8, 4) is 11.4 Å². The molecule has 0 amide bonds. The number of nitrogens with zero attached hydrogens (tertiary/aromatic N) is 6. The van der Waals surface area contributed by atoms with Gasteiger partial charge >= 0.3 is 0 Å². The molecule has 2 aromatic heterocycles. The van der Waals surface area contributed by atoms with Gasteiger partial charge in [-0.2, -0.15) is 14.9 Å². The molecule has 5 rings (SSSR count). The Morgan fingerprint density at radius 2 is 1.66 bits per heavy atom. The van der Waals surface area contributed by atoms with Crippen molar-refractivity contribution >= 4 is 28.7 Å². The molecule has 0 radical (unpaired) electrons. The minimum absolute atomic E-state index is 0.318. The van der Waals surface area contributed by atoms with Crippen LogP contribution in [0.3, 0.4) is 0 Å². The largest absolute Gasteiger partial charge is 0.369 e. The van der Waals surface area contributed by atoms with Crippen molar-refractivity contribution in [2.24, 2.45) is 0 Å². The predicted octanol–water partition coefficient (Wildman–Crippen LogP) is 2.62. The number of aromatic nitrogens is 5. The van der Waals surface area contributed by atoms with Crippen molar-refractivity contribution in [1.82, 2.24) is 29.9 Å². The van der Waals surface area contributed by atoms with E-state index < -0.39 is 0 Å². The lowest BCUT2D eigenvalue weighted by Crippen LogP contribution is -2.43. The van der Waals surface area contributed by atoms with Crippen LogP contribution in [0.25, 0.3) is 11.4 Å². The summed E-state index contributed by atoms with van der Waals surface area (Å²) in [5.41, 5.74) is 3.13. The van der Waals surface area contributed by atoms with E-state index >= 15 is 0 Å². The van der Waals surface area contributed by atoms with E-state index in [0.29, 0.717) is 22.1 Å². The maximum Gasteiger partial charge on any atom is 0.299 e. The second-order valence-electron chi connectivity index (χ2n) is 7.35. The zero-order valence-corrected chi connectivity index (χ0v) is 17.9. The predicted molar refractivity (Wildman–Crippen MR) is 125 cm³/mol. The van der Waals surface area contributed by atoms with E-state index in [4.69, 9.17) is 11.6 Å². The topological polar surface area (TPSA) is 92.9 Å². The monoisotopic (exact) mass is 448 g/mol. The van der Waals surface area contributed by atoms with Gasteiger partial charge in [0.05, 0.1) is 17.6 Å². The molecule has 0 atom stereocenters. The van der Waals surface area contributed by atoms with Crippen LogP contribution in [-0.4, -0.2) is 50.7 Å². The number of hydrogen-bond acceptors (Lipinski definition) is 7. The highest BCUT2D eigenvalue weighted by Gasteiger charge is 2.16. The molecule has 162 valence electrons. The number of benzene rings is 2. The fraction of sp³-hybridized carbons (Fsp3) is 0.182. The number of piperazine rings is 1. The Labute approximate surface area is 189 Å². The molecule has 0 aliphatic carbocycles. The van der Waals surface area contributed by atoms with Crippen LogP contribution in [0.5, 0.6) is 0 Å². The van der Waals surface area contributed by atoms with E-state index in [9.17, 15) is 4.79 Å². The lowest BCUT2D eigenvalue weighted by atomic mass is 10.2. The zero-order valence-electron chi connectivity index (χ0n) is 17.1. The quantitative estimate of drug-likeness (QED) is 0.484. The van der Waals surface area contributed by atoms with E-state index in [2.05, 4.69) is 42.8 Å². The Morgan fingerprint density at radius 3 is 2.34 bits per heavy atom. The lowest BCUT2D eigenvalue weighted by molar-refractivity contribution is 0.589. The maximum atomic E-state index is 13.4. The van der Waals surface area contributed by atoms with E-state index in [1.165, 1.54) is 27.7 Å². The van der Waals surface area contributed by atoms with Gasteiger partial charge in [-0.25, -0.2) is 9.67 Å². The minimum Gasteiger partial charge on any atom is -0.369 e. The Morgan fingerprint density at radius 1 is 0.938 bits per heavy atom. The number of anilines is 3. The Kier molecular flexibility index (Phi) is 5.57. The summed E-state index contributed by atoms with van der Waals surface area (Å²) in [6, 6.07) is 15.0. The molecule has 0 spiro atoms. The van der Waals surface area contributed by atoms with Crippen molar-refractivity contribution < 1.29 is 0 Å². The van der Waals surface area contributed by atoms with Crippen LogP contribution in [0.2, 0.25) is 5.02 Å². The molecule has 2 N–H and O–H groups in total. The second-order valence-corrected chi connectivity index (χ2v) is 7.79. The summed E-state index contributed by atoms with van der Waals surface area (Å²) in [5.74, 6) is 0. The van der Waals surface area contributed by atoms with Crippen LogP contribution in [0.4, 0.5) is 17.1 Å². The first-order chi connectivity index (χ1) is 15.7. The van der Waals surface area contributed by atoms with Crippen LogP contribution in [0, 0.1) is 0 Å². The van der Waals surface area contributed by atoms with Crippen molar-refractivity contribution in [2.45, 2.75) is 0 Å². The van der Waals surface area contributed by atoms with Gasteiger partial charge in [-0.3, -0.25) is 4.79 Å². The molecule has 9 nitrogen and oxygen atoms in total. The van der Waals surface area contributed by atoms with Crippen molar-refractivity contribution in [3.63, 3.8) is 0 Å². The van der Waals surface area contributed by atoms with Crippen molar-refractivity contribution in [1.29, 1.82) is 0 Å². The zero-order chi connectivity index (χ0) is 21.9. The second kappa shape index (κ2) is 8.81. The molecule has 0 saturated carbocycles. The molecule has 1 saturated heterocycles. The SMILES string of the molecule is O=c1c(-n2cncn2)c(Nc2ccc(N3CCNCC3)cc2)cnn1-c1ccc(Cl)cc1. The summed E-state index contributed by atoms with van der Waals surface area (Å²) in [6.07, 6.45) is 4.48. The molecule has 0 unspecified atom stereocenters. The van der Waals surface area contributed by atoms with E-state index in [0.717, 1.165) is 31.9 Å². The van der Waals surface area contributed by atoms with Crippen LogP contribution in [0.15, 0.2) is 72.2 Å². The van der Waals surface area contributed by atoms with Gasteiger partial charge in [0.15, 0.2) is 5.69 Å². The van der Waals surface area contributed by atoms with E-state index in [1.54, 1.807) is 30.5 Å². The number of nitrogens with one attached hydrogen (secondary N) is 2. The standard InChI is InChI=1S/C22H21ClN8O/c23-16-1-5-19(6-2-16)31-22(32)21(30-15-25-14-27-30)20(13-26-31)28-17-3-7-18(8-4-17)29-11-9-24-10-12-29/h1-8,13-15,24,28H,9-12H2. The normalized spacial score (nSPS) is 13.8. The molecule has 2 aromatic carbocycles. The molecular formula is C22H21ClN8O. The number of rotatable bonds is 5. The molecular weight excluding hydrogens is 428 g/mol. The molecule has 3 heterocycles. The molecule has 0 bridgehead atoms. The lowest BCUT2D eigenvalue weighted by Gasteiger charge is -2.29. The summed E-state index contributed by atoms with van der Waals surface area (Å²) in [4.78, 5) is 19.7. The van der Waals surface area contributed by atoms with E-state index in [1.807, 2.05) is 12.1 Å². The Balaban J connectivity index is 1.49. The molecule has 1 aliphatic heterocycles. The number of halogens is 1. The van der Waals surface area contributed by atoms with Crippen LogP contribution in [-0.2, 0) is 0 Å². The molecule has 10 heteroatoms. The van der Waals surface area contributed by atoms with Gasteiger partial charge in [0, 0.05) is 42.6 Å². The van der Waals surface area contributed by atoms with Gasteiger partial charge in [0.25, 0.3) is 5.56 Å².